The maximum atomic E-state index is 13.1. The van der Waals surface area contributed by atoms with Crippen molar-refractivity contribution in [1.29, 1.82) is 0 Å². The number of benzene rings is 2. The first-order valence-electron chi connectivity index (χ1n) is 8.75. The van der Waals surface area contributed by atoms with Gasteiger partial charge in [-0.15, -0.1) is 0 Å². The van der Waals surface area contributed by atoms with Crippen molar-refractivity contribution in [1.82, 2.24) is 10.3 Å². The van der Waals surface area contributed by atoms with E-state index in [9.17, 15) is 14.0 Å². The van der Waals surface area contributed by atoms with Crippen LogP contribution in [0.5, 0.6) is 0 Å². The van der Waals surface area contributed by atoms with Crippen LogP contribution in [0.2, 0.25) is 0 Å². The highest BCUT2D eigenvalue weighted by Crippen LogP contribution is 2.16. The number of carbonyl (C=O) groups is 2. The molecule has 0 bridgehead atoms. The van der Waals surface area contributed by atoms with Crippen molar-refractivity contribution in [2.45, 2.75) is 6.54 Å². The van der Waals surface area contributed by atoms with Crippen LogP contribution in [-0.4, -0.2) is 30.8 Å². The molecule has 0 aliphatic carbocycles. The van der Waals surface area contributed by atoms with Gasteiger partial charge in [-0.3, -0.25) is 9.59 Å². The highest BCUT2D eigenvalue weighted by Gasteiger charge is 2.18. The molecule has 0 aliphatic rings. The predicted octanol–water partition coefficient (Wildman–Crippen LogP) is 3.45. The van der Waals surface area contributed by atoms with Crippen molar-refractivity contribution >= 4 is 17.5 Å². The fraction of sp³-hybridized carbons (Fsp3) is 0.136. The van der Waals surface area contributed by atoms with E-state index >= 15 is 0 Å². The van der Waals surface area contributed by atoms with E-state index in [4.69, 9.17) is 0 Å². The maximum Gasteiger partial charge on any atom is 0.252 e. The first-order valence-corrected chi connectivity index (χ1v) is 8.75. The van der Waals surface area contributed by atoms with E-state index in [2.05, 4.69) is 10.3 Å². The SMILES string of the molecule is CN(C)c1cc(CNC(=O)c2ccccc2C(=O)c2ccc(F)cc2)ccn1. The summed E-state index contributed by atoms with van der Waals surface area (Å²) in [7, 11) is 3.78. The third kappa shape index (κ3) is 4.40. The minimum Gasteiger partial charge on any atom is -0.363 e. The van der Waals surface area contributed by atoms with E-state index in [0.29, 0.717) is 12.1 Å². The molecule has 2 aromatic carbocycles. The summed E-state index contributed by atoms with van der Waals surface area (Å²) in [4.78, 5) is 31.6. The quantitative estimate of drug-likeness (QED) is 0.669. The Labute approximate surface area is 162 Å². The Kier molecular flexibility index (Phi) is 5.79. The average Bonchev–Trinajstić information content (AvgIpc) is 2.72. The molecule has 0 fully saturated rings. The van der Waals surface area contributed by atoms with Crippen LogP contribution in [0.4, 0.5) is 10.2 Å². The summed E-state index contributed by atoms with van der Waals surface area (Å²) in [6, 6.07) is 15.6. The fourth-order valence-electron chi connectivity index (χ4n) is 2.73. The van der Waals surface area contributed by atoms with Gasteiger partial charge >= 0.3 is 0 Å². The lowest BCUT2D eigenvalue weighted by Crippen LogP contribution is -2.25. The number of amides is 1. The van der Waals surface area contributed by atoms with Crippen LogP contribution in [-0.2, 0) is 6.54 Å². The molecule has 1 heterocycles. The lowest BCUT2D eigenvalue weighted by molar-refractivity contribution is 0.0939. The topological polar surface area (TPSA) is 62.3 Å². The molecule has 6 heteroatoms. The number of ketones is 1. The zero-order valence-electron chi connectivity index (χ0n) is 15.6. The Bertz CT molecular complexity index is 1000. The highest BCUT2D eigenvalue weighted by molar-refractivity contribution is 6.15. The number of hydrogen-bond acceptors (Lipinski definition) is 4. The van der Waals surface area contributed by atoms with E-state index in [1.54, 1.807) is 30.5 Å². The zero-order valence-corrected chi connectivity index (χ0v) is 15.6. The number of nitrogens with zero attached hydrogens (tertiary/aromatic N) is 2. The molecule has 0 atom stereocenters. The Morgan fingerprint density at radius 1 is 1.00 bits per heavy atom. The maximum absolute atomic E-state index is 13.1. The third-order valence-electron chi connectivity index (χ3n) is 4.24. The average molecular weight is 377 g/mol. The molecule has 0 radical (unpaired) electrons. The smallest absolute Gasteiger partial charge is 0.252 e. The number of halogens is 1. The molecule has 1 amide bonds. The molecule has 0 saturated heterocycles. The van der Waals surface area contributed by atoms with Gasteiger partial charge in [0, 0.05) is 38.0 Å². The first-order chi connectivity index (χ1) is 13.5. The van der Waals surface area contributed by atoms with Gasteiger partial charge in [-0.25, -0.2) is 9.37 Å². The summed E-state index contributed by atoms with van der Waals surface area (Å²) in [6.45, 7) is 0.307. The molecule has 1 aromatic heterocycles. The van der Waals surface area contributed by atoms with Crippen LogP contribution >= 0.6 is 0 Å². The molecule has 0 aliphatic heterocycles. The van der Waals surface area contributed by atoms with Gasteiger partial charge in [-0.1, -0.05) is 18.2 Å². The molecule has 1 N–H and O–H groups in total. The number of anilines is 1. The van der Waals surface area contributed by atoms with Crippen LogP contribution in [0.15, 0.2) is 66.9 Å². The van der Waals surface area contributed by atoms with E-state index < -0.39 is 5.82 Å². The van der Waals surface area contributed by atoms with Crippen molar-refractivity contribution in [2.24, 2.45) is 0 Å². The van der Waals surface area contributed by atoms with E-state index in [1.807, 2.05) is 31.1 Å². The zero-order chi connectivity index (χ0) is 20.1. The van der Waals surface area contributed by atoms with Crippen LogP contribution in [0.25, 0.3) is 0 Å². The summed E-state index contributed by atoms with van der Waals surface area (Å²) < 4.78 is 13.1. The second-order valence-electron chi connectivity index (χ2n) is 6.48. The van der Waals surface area contributed by atoms with E-state index in [0.717, 1.165) is 11.4 Å². The Hall–Kier alpha value is -3.54. The normalized spacial score (nSPS) is 10.4. The Morgan fingerprint density at radius 2 is 1.68 bits per heavy atom. The number of pyridine rings is 1. The van der Waals surface area contributed by atoms with E-state index in [1.165, 1.54) is 24.3 Å². The van der Waals surface area contributed by atoms with Gasteiger partial charge in [0.05, 0.1) is 5.56 Å². The minimum absolute atomic E-state index is 0.273. The lowest BCUT2D eigenvalue weighted by Gasteiger charge is -2.13. The second kappa shape index (κ2) is 8.43. The van der Waals surface area contributed by atoms with Crippen LogP contribution < -0.4 is 10.2 Å². The third-order valence-corrected chi connectivity index (χ3v) is 4.24. The van der Waals surface area contributed by atoms with Gasteiger partial charge in [-0.05, 0) is 48.0 Å². The molecule has 0 saturated carbocycles. The van der Waals surface area contributed by atoms with E-state index in [-0.39, 0.29) is 22.8 Å². The standard InChI is InChI=1S/C22H20FN3O2/c1-26(2)20-13-15(11-12-24-20)14-25-22(28)19-6-4-3-5-18(19)21(27)16-7-9-17(23)10-8-16/h3-13H,14H2,1-2H3,(H,25,28). The van der Waals surface area contributed by atoms with Gasteiger partial charge < -0.3 is 10.2 Å². The molecular weight excluding hydrogens is 357 g/mol. The van der Waals surface area contributed by atoms with Gasteiger partial charge in [0.25, 0.3) is 5.91 Å². The molecule has 0 spiro atoms. The monoisotopic (exact) mass is 377 g/mol. The fourth-order valence-corrected chi connectivity index (χ4v) is 2.73. The van der Waals surface area contributed by atoms with Crippen LogP contribution in [0.1, 0.15) is 31.8 Å². The highest BCUT2D eigenvalue weighted by atomic mass is 19.1. The number of hydrogen-bond donors (Lipinski definition) is 1. The number of rotatable bonds is 6. The molecule has 3 rings (SSSR count). The van der Waals surface area contributed by atoms with Gasteiger partial charge in [0.2, 0.25) is 0 Å². The summed E-state index contributed by atoms with van der Waals surface area (Å²) in [5.41, 5.74) is 1.77. The Balaban J connectivity index is 1.78. The summed E-state index contributed by atoms with van der Waals surface area (Å²) in [5, 5.41) is 2.84. The van der Waals surface area contributed by atoms with Crippen LogP contribution in [0.3, 0.4) is 0 Å². The predicted molar refractivity (Wildman–Crippen MR) is 106 cm³/mol. The summed E-state index contributed by atoms with van der Waals surface area (Å²) in [6.07, 6.45) is 1.68. The molecule has 5 nitrogen and oxygen atoms in total. The second-order valence-corrected chi connectivity index (χ2v) is 6.48. The van der Waals surface area contributed by atoms with Crippen molar-refractivity contribution in [3.63, 3.8) is 0 Å². The number of nitrogens with one attached hydrogen (secondary N) is 1. The van der Waals surface area contributed by atoms with Crippen molar-refractivity contribution in [3.05, 3.63) is 94.9 Å². The lowest BCUT2D eigenvalue weighted by atomic mass is 9.98. The van der Waals surface area contributed by atoms with Gasteiger partial charge in [0.1, 0.15) is 11.6 Å². The molecule has 28 heavy (non-hydrogen) atoms. The van der Waals surface area contributed by atoms with Crippen molar-refractivity contribution in [3.8, 4) is 0 Å². The van der Waals surface area contributed by atoms with Crippen molar-refractivity contribution < 1.29 is 14.0 Å². The molecule has 0 unspecified atom stereocenters. The molecule has 142 valence electrons. The molecular formula is C22H20FN3O2. The van der Waals surface area contributed by atoms with Gasteiger partial charge in [-0.2, -0.15) is 0 Å². The number of carbonyl (C=O) groups excluding carboxylic acids is 2. The first kappa shape index (κ1) is 19.2. The molecule has 3 aromatic rings. The largest absolute Gasteiger partial charge is 0.363 e. The Morgan fingerprint density at radius 3 is 2.36 bits per heavy atom. The van der Waals surface area contributed by atoms with Gasteiger partial charge in [0.15, 0.2) is 5.78 Å². The van der Waals surface area contributed by atoms with Crippen molar-refractivity contribution in [2.75, 3.05) is 19.0 Å². The van der Waals surface area contributed by atoms with Crippen LogP contribution in [0, 0.1) is 5.82 Å². The number of aromatic nitrogens is 1. The minimum atomic E-state index is -0.419. The summed E-state index contributed by atoms with van der Waals surface area (Å²) in [5.74, 6) is -0.311. The summed E-state index contributed by atoms with van der Waals surface area (Å²) >= 11 is 0.